The van der Waals surface area contributed by atoms with Gasteiger partial charge in [-0.05, 0) is 18.2 Å². The van der Waals surface area contributed by atoms with Crippen LogP contribution in [0.4, 0.5) is 18.9 Å². The quantitative estimate of drug-likeness (QED) is 0.774. The summed E-state index contributed by atoms with van der Waals surface area (Å²) in [5.41, 5.74) is 4.74. The van der Waals surface area contributed by atoms with Crippen LogP contribution in [0, 0.1) is 5.82 Å². The first kappa shape index (κ1) is 10.8. The van der Waals surface area contributed by atoms with Gasteiger partial charge in [0.2, 0.25) is 9.84 Å². The molecule has 3 nitrogen and oxygen atoms in total. The molecule has 0 aromatic heterocycles. The maximum atomic E-state index is 12.6. The van der Waals surface area contributed by atoms with Gasteiger partial charge in [0.25, 0.3) is 0 Å². The second-order valence-electron chi connectivity index (χ2n) is 2.49. The molecule has 1 rings (SSSR count). The lowest BCUT2D eigenvalue weighted by Gasteiger charge is -2.05. The molecule has 0 amide bonds. The minimum Gasteiger partial charge on any atom is -0.398 e. The highest BCUT2D eigenvalue weighted by molar-refractivity contribution is 7.91. The van der Waals surface area contributed by atoms with E-state index in [1.165, 1.54) is 0 Å². The summed E-state index contributed by atoms with van der Waals surface area (Å²) in [6.45, 7) is 0. The van der Waals surface area contributed by atoms with Gasteiger partial charge in [-0.2, -0.15) is 8.78 Å². The van der Waals surface area contributed by atoms with Crippen LogP contribution in [0.1, 0.15) is 0 Å². The molecule has 0 unspecified atom stereocenters. The first-order valence-electron chi connectivity index (χ1n) is 3.43. The van der Waals surface area contributed by atoms with Gasteiger partial charge >= 0.3 is 5.76 Å². The number of nitrogens with two attached hydrogens (primary N) is 1. The Labute approximate surface area is 78.3 Å². The van der Waals surface area contributed by atoms with Crippen molar-refractivity contribution >= 4 is 15.5 Å². The van der Waals surface area contributed by atoms with E-state index in [1.54, 1.807) is 0 Å². The number of sulfone groups is 1. The summed E-state index contributed by atoms with van der Waals surface area (Å²) in [5, 5.41) is 0. The van der Waals surface area contributed by atoms with Crippen molar-refractivity contribution in [3.05, 3.63) is 24.0 Å². The highest BCUT2D eigenvalue weighted by Crippen LogP contribution is 2.24. The fourth-order valence-corrected chi connectivity index (χ4v) is 1.72. The van der Waals surface area contributed by atoms with Gasteiger partial charge < -0.3 is 5.73 Å². The van der Waals surface area contributed by atoms with Crippen molar-refractivity contribution in [2.45, 2.75) is 10.7 Å². The minimum absolute atomic E-state index is 0.397. The summed E-state index contributed by atoms with van der Waals surface area (Å²) in [4.78, 5) is -0.882. The van der Waals surface area contributed by atoms with Crippen LogP contribution < -0.4 is 5.73 Å². The predicted octanol–water partition coefficient (Wildman–Crippen LogP) is 1.40. The highest BCUT2D eigenvalue weighted by atomic mass is 32.2. The van der Waals surface area contributed by atoms with Gasteiger partial charge in [-0.15, -0.1) is 0 Å². The van der Waals surface area contributed by atoms with E-state index in [0.717, 1.165) is 12.1 Å². The molecule has 7 heteroatoms. The molecule has 0 saturated carbocycles. The standard InChI is InChI=1S/C7H6F3NO2S/c8-4-1-2-5(11)6(3-4)14(12,13)7(9)10/h1-3,7H,11H2. The zero-order valence-corrected chi connectivity index (χ0v) is 7.56. The first-order valence-corrected chi connectivity index (χ1v) is 4.97. The Kier molecular flexibility index (Phi) is 2.70. The summed E-state index contributed by atoms with van der Waals surface area (Å²) >= 11 is 0. The van der Waals surface area contributed by atoms with Crippen molar-refractivity contribution in [1.29, 1.82) is 0 Å². The van der Waals surface area contributed by atoms with E-state index in [0.29, 0.717) is 6.07 Å². The number of rotatable bonds is 2. The van der Waals surface area contributed by atoms with Gasteiger partial charge in [0.1, 0.15) is 5.82 Å². The van der Waals surface area contributed by atoms with E-state index >= 15 is 0 Å². The van der Waals surface area contributed by atoms with E-state index in [1.807, 2.05) is 0 Å². The Morgan fingerprint density at radius 1 is 1.29 bits per heavy atom. The summed E-state index contributed by atoms with van der Waals surface area (Å²) in [7, 11) is -4.83. The van der Waals surface area contributed by atoms with Crippen molar-refractivity contribution < 1.29 is 21.6 Å². The van der Waals surface area contributed by atoms with Crippen molar-refractivity contribution in [3.8, 4) is 0 Å². The van der Waals surface area contributed by atoms with Crippen LogP contribution in [0.5, 0.6) is 0 Å². The van der Waals surface area contributed by atoms with Crippen LogP contribution in [0.25, 0.3) is 0 Å². The fraction of sp³-hybridized carbons (Fsp3) is 0.143. The van der Waals surface area contributed by atoms with Crippen LogP contribution >= 0.6 is 0 Å². The molecule has 0 saturated heterocycles. The van der Waals surface area contributed by atoms with Crippen molar-refractivity contribution in [2.75, 3.05) is 5.73 Å². The number of alkyl halides is 2. The van der Waals surface area contributed by atoms with E-state index in [-0.39, 0.29) is 0 Å². The Morgan fingerprint density at radius 3 is 2.36 bits per heavy atom. The molecule has 0 aliphatic rings. The van der Waals surface area contributed by atoms with Gasteiger partial charge in [0, 0.05) is 0 Å². The normalized spacial score (nSPS) is 12.0. The number of benzene rings is 1. The summed E-state index contributed by atoms with van der Waals surface area (Å²) < 4.78 is 58.5. The molecule has 0 atom stereocenters. The molecule has 0 aliphatic carbocycles. The second kappa shape index (κ2) is 3.49. The van der Waals surface area contributed by atoms with Crippen LogP contribution in [0.15, 0.2) is 23.1 Å². The summed E-state index contributed by atoms with van der Waals surface area (Å²) in [6, 6.07) is 2.28. The zero-order chi connectivity index (χ0) is 10.9. The van der Waals surface area contributed by atoms with Crippen molar-refractivity contribution in [2.24, 2.45) is 0 Å². The van der Waals surface area contributed by atoms with Gasteiger partial charge in [-0.3, -0.25) is 0 Å². The fourth-order valence-electron chi connectivity index (χ4n) is 0.851. The van der Waals surface area contributed by atoms with Crippen molar-refractivity contribution in [3.63, 3.8) is 0 Å². The Bertz CT molecular complexity index is 444. The van der Waals surface area contributed by atoms with E-state index in [4.69, 9.17) is 5.73 Å². The lowest BCUT2D eigenvalue weighted by Crippen LogP contribution is -2.13. The Hall–Kier alpha value is -1.24. The average Bonchev–Trinajstić information content (AvgIpc) is 2.08. The third-order valence-corrected chi connectivity index (χ3v) is 2.95. The van der Waals surface area contributed by atoms with Crippen LogP contribution in [0.3, 0.4) is 0 Å². The molecule has 0 bridgehead atoms. The van der Waals surface area contributed by atoms with Crippen molar-refractivity contribution in [1.82, 2.24) is 0 Å². The molecule has 1 aromatic rings. The maximum Gasteiger partial charge on any atom is 0.341 e. The van der Waals surface area contributed by atoms with Gasteiger partial charge in [0.15, 0.2) is 0 Å². The first-order chi connectivity index (χ1) is 6.35. The van der Waals surface area contributed by atoms with Gasteiger partial charge in [-0.25, -0.2) is 12.8 Å². The molecule has 0 radical (unpaired) electrons. The maximum absolute atomic E-state index is 12.6. The van der Waals surface area contributed by atoms with Gasteiger partial charge in [0.05, 0.1) is 10.6 Å². The van der Waals surface area contributed by atoms with E-state index < -0.39 is 32.0 Å². The molecule has 0 spiro atoms. The predicted molar refractivity (Wildman–Crippen MR) is 44.0 cm³/mol. The molecular formula is C7H6F3NO2S. The minimum atomic E-state index is -4.83. The van der Waals surface area contributed by atoms with Crippen LogP contribution in [-0.4, -0.2) is 14.2 Å². The monoisotopic (exact) mass is 225 g/mol. The zero-order valence-electron chi connectivity index (χ0n) is 6.75. The topological polar surface area (TPSA) is 60.2 Å². The SMILES string of the molecule is Nc1ccc(F)cc1S(=O)(=O)C(F)F. The lowest BCUT2D eigenvalue weighted by molar-refractivity contribution is 0.235. The molecular weight excluding hydrogens is 219 g/mol. The smallest absolute Gasteiger partial charge is 0.341 e. The summed E-state index contributed by atoms with van der Waals surface area (Å²) in [6.07, 6.45) is 0. The molecule has 1 aromatic carbocycles. The Balaban J connectivity index is 3.40. The molecule has 0 fully saturated rings. The van der Waals surface area contributed by atoms with Crippen LogP contribution in [-0.2, 0) is 9.84 Å². The number of halogens is 3. The largest absolute Gasteiger partial charge is 0.398 e. The van der Waals surface area contributed by atoms with Crippen LogP contribution in [0.2, 0.25) is 0 Å². The third kappa shape index (κ3) is 1.82. The highest BCUT2D eigenvalue weighted by Gasteiger charge is 2.28. The second-order valence-corrected chi connectivity index (χ2v) is 4.37. The molecule has 78 valence electrons. The number of hydrogen-bond acceptors (Lipinski definition) is 3. The average molecular weight is 225 g/mol. The van der Waals surface area contributed by atoms with Gasteiger partial charge in [-0.1, -0.05) is 0 Å². The number of anilines is 1. The molecule has 0 aliphatic heterocycles. The number of hydrogen-bond donors (Lipinski definition) is 1. The molecule has 0 heterocycles. The molecule has 2 N–H and O–H groups in total. The lowest BCUT2D eigenvalue weighted by atomic mass is 10.3. The van der Waals surface area contributed by atoms with E-state index in [9.17, 15) is 21.6 Å². The number of nitrogen functional groups attached to an aromatic ring is 1. The van der Waals surface area contributed by atoms with E-state index in [2.05, 4.69) is 0 Å². The third-order valence-electron chi connectivity index (χ3n) is 1.52. The Morgan fingerprint density at radius 2 is 1.86 bits per heavy atom. The summed E-state index contributed by atoms with van der Waals surface area (Å²) in [5.74, 6) is -4.54. The molecule has 14 heavy (non-hydrogen) atoms.